The molecule has 11 heavy (non-hydrogen) atoms. The van der Waals surface area contributed by atoms with Crippen LogP contribution < -0.4 is 0 Å². The van der Waals surface area contributed by atoms with E-state index >= 15 is 0 Å². The summed E-state index contributed by atoms with van der Waals surface area (Å²) in [6.45, 7) is 3.99. The van der Waals surface area contributed by atoms with E-state index in [1.54, 1.807) is 11.1 Å². The molecular formula is C11H12. The van der Waals surface area contributed by atoms with Crippen LogP contribution in [-0.2, 0) is 0 Å². The fourth-order valence-corrected chi connectivity index (χ4v) is 2.46. The van der Waals surface area contributed by atoms with Gasteiger partial charge in [0.15, 0.2) is 0 Å². The Morgan fingerprint density at radius 3 is 3.27 bits per heavy atom. The molecule has 0 nitrogen and oxygen atoms in total. The van der Waals surface area contributed by atoms with Crippen molar-refractivity contribution in [2.24, 2.45) is 11.8 Å². The third-order valence-corrected chi connectivity index (χ3v) is 3.14. The fourth-order valence-electron chi connectivity index (χ4n) is 2.46. The van der Waals surface area contributed by atoms with Gasteiger partial charge in [-0.2, -0.15) is 0 Å². The highest BCUT2D eigenvalue weighted by molar-refractivity contribution is 5.50. The lowest BCUT2D eigenvalue weighted by atomic mass is 9.94. The summed E-state index contributed by atoms with van der Waals surface area (Å²) < 4.78 is 0. The monoisotopic (exact) mass is 144 g/mol. The van der Waals surface area contributed by atoms with Crippen molar-refractivity contribution in [2.75, 3.05) is 0 Å². The minimum atomic E-state index is 0.967. The van der Waals surface area contributed by atoms with Gasteiger partial charge in [0, 0.05) is 0 Å². The van der Waals surface area contributed by atoms with E-state index in [-0.39, 0.29) is 0 Å². The zero-order valence-electron chi connectivity index (χ0n) is 6.64. The Kier molecular flexibility index (Phi) is 0.892. The van der Waals surface area contributed by atoms with Gasteiger partial charge in [0.05, 0.1) is 0 Å². The van der Waals surface area contributed by atoms with Crippen molar-refractivity contribution in [2.45, 2.75) is 19.3 Å². The number of hydrogen-bond acceptors (Lipinski definition) is 0. The Balaban J connectivity index is 2.05. The van der Waals surface area contributed by atoms with Crippen LogP contribution in [0.4, 0.5) is 0 Å². The van der Waals surface area contributed by atoms with Crippen LogP contribution in [0.3, 0.4) is 0 Å². The number of allylic oxidation sites excluding steroid dienone is 5. The van der Waals surface area contributed by atoms with Crippen molar-refractivity contribution in [1.29, 1.82) is 0 Å². The first kappa shape index (κ1) is 5.82. The molecule has 3 aliphatic rings. The molecule has 0 radical (unpaired) electrons. The summed E-state index contributed by atoms with van der Waals surface area (Å²) in [5.74, 6) is 1.99. The molecule has 0 bridgehead atoms. The van der Waals surface area contributed by atoms with Gasteiger partial charge in [-0.05, 0) is 42.2 Å². The van der Waals surface area contributed by atoms with E-state index in [4.69, 9.17) is 0 Å². The molecule has 0 aromatic carbocycles. The molecular weight excluding hydrogens is 132 g/mol. The summed E-state index contributed by atoms with van der Waals surface area (Å²) in [5.41, 5.74) is 4.56. The van der Waals surface area contributed by atoms with Gasteiger partial charge >= 0.3 is 0 Å². The second kappa shape index (κ2) is 1.69. The van der Waals surface area contributed by atoms with Gasteiger partial charge in [0.1, 0.15) is 0 Å². The predicted octanol–water partition coefficient (Wildman–Crippen LogP) is 2.84. The summed E-state index contributed by atoms with van der Waals surface area (Å²) in [5, 5.41) is 0. The molecule has 0 aliphatic heterocycles. The Labute approximate surface area is 67.3 Å². The first-order valence-corrected chi connectivity index (χ1v) is 4.43. The summed E-state index contributed by atoms with van der Waals surface area (Å²) in [6, 6.07) is 0. The molecule has 2 fully saturated rings. The maximum atomic E-state index is 3.99. The molecule has 2 atom stereocenters. The first-order chi connectivity index (χ1) is 5.34. The predicted molar refractivity (Wildman–Crippen MR) is 46.1 cm³/mol. The minimum Gasteiger partial charge on any atom is -0.0955 e. The lowest BCUT2D eigenvalue weighted by molar-refractivity contribution is 0.855. The molecule has 2 saturated carbocycles. The van der Waals surface area contributed by atoms with E-state index < -0.39 is 0 Å². The number of hydrogen-bond donors (Lipinski definition) is 0. The molecule has 0 N–H and O–H groups in total. The Morgan fingerprint density at radius 2 is 2.36 bits per heavy atom. The maximum Gasteiger partial charge on any atom is -0.00972 e. The van der Waals surface area contributed by atoms with E-state index in [0.29, 0.717) is 0 Å². The van der Waals surface area contributed by atoms with Crippen molar-refractivity contribution in [3.8, 4) is 0 Å². The van der Waals surface area contributed by atoms with Crippen LogP contribution in [0.5, 0.6) is 0 Å². The van der Waals surface area contributed by atoms with Gasteiger partial charge in [-0.25, -0.2) is 0 Å². The Bertz CT molecular complexity index is 291. The van der Waals surface area contributed by atoms with Crippen LogP contribution in [0.25, 0.3) is 0 Å². The van der Waals surface area contributed by atoms with Gasteiger partial charge in [-0.15, -0.1) is 0 Å². The smallest absolute Gasteiger partial charge is 0.00972 e. The third-order valence-electron chi connectivity index (χ3n) is 3.14. The highest BCUT2D eigenvalue weighted by Gasteiger charge is 2.47. The maximum absolute atomic E-state index is 3.99. The minimum absolute atomic E-state index is 0.967. The highest BCUT2D eigenvalue weighted by Crippen LogP contribution is 2.58. The lowest BCUT2D eigenvalue weighted by Gasteiger charge is -2.11. The topological polar surface area (TPSA) is 0 Å². The second-order valence-electron chi connectivity index (χ2n) is 4.00. The molecule has 56 valence electrons. The molecule has 0 amide bonds. The summed E-state index contributed by atoms with van der Waals surface area (Å²) >= 11 is 0. The first-order valence-electron chi connectivity index (χ1n) is 4.43. The van der Waals surface area contributed by atoms with Gasteiger partial charge in [0.25, 0.3) is 0 Å². The van der Waals surface area contributed by atoms with E-state index in [2.05, 4.69) is 18.7 Å². The Morgan fingerprint density at radius 1 is 1.45 bits per heavy atom. The second-order valence-corrected chi connectivity index (χ2v) is 4.00. The average Bonchev–Trinajstić information content (AvgIpc) is 2.63. The van der Waals surface area contributed by atoms with Crippen molar-refractivity contribution >= 4 is 0 Å². The van der Waals surface area contributed by atoms with Gasteiger partial charge in [-0.3, -0.25) is 0 Å². The van der Waals surface area contributed by atoms with Crippen molar-refractivity contribution in [3.63, 3.8) is 0 Å². The molecule has 0 aromatic heterocycles. The highest BCUT2D eigenvalue weighted by atomic mass is 14.5. The molecule has 0 saturated heterocycles. The molecule has 0 heterocycles. The molecule has 3 aliphatic carbocycles. The van der Waals surface area contributed by atoms with Crippen molar-refractivity contribution < 1.29 is 0 Å². The number of rotatable bonds is 0. The largest absolute Gasteiger partial charge is 0.0955 e. The lowest BCUT2D eigenvalue weighted by Crippen LogP contribution is -1.93. The summed E-state index contributed by atoms with van der Waals surface area (Å²) in [4.78, 5) is 0. The van der Waals surface area contributed by atoms with Crippen LogP contribution in [0.2, 0.25) is 0 Å². The molecule has 0 heteroatoms. The summed E-state index contributed by atoms with van der Waals surface area (Å²) in [6.07, 6.45) is 8.62. The number of fused-ring (bicyclic) bond motifs is 3. The quantitative estimate of drug-likeness (QED) is 0.490. The van der Waals surface area contributed by atoms with Crippen LogP contribution in [-0.4, -0.2) is 0 Å². The van der Waals surface area contributed by atoms with Crippen LogP contribution >= 0.6 is 0 Å². The molecule has 3 rings (SSSR count). The van der Waals surface area contributed by atoms with Gasteiger partial charge < -0.3 is 0 Å². The van der Waals surface area contributed by atoms with E-state index in [9.17, 15) is 0 Å². The van der Waals surface area contributed by atoms with E-state index in [1.165, 1.54) is 18.4 Å². The zero-order chi connectivity index (χ0) is 7.42. The molecule has 0 spiro atoms. The molecule has 0 aromatic rings. The summed E-state index contributed by atoms with van der Waals surface area (Å²) in [7, 11) is 0. The third kappa shape index (κ3) is 0.699. The van der Waals surface area contributed by atoms with Crippen molar-refractivity contribution in [1.82, 2.24) is 0 Å². The van der Waals surface area contributed by atoms with Crippen molar-refractivity contribution in [3.05, 3.63) is 35.5 Å². The van der Waals surface area contributed by atoms with Crippen LogP contribution in [0, 0.1) is 11.8 Å². The normalized spacial score (nSPS) is 39.1. The fraction of sp³-hybridized carbons (Fsp3) is 0.455. The average molecular weight is 144 g/mol. The Hall–Kier alpha value is -0.780. The van der Waals surface area contributed by atoms with Crippen LogP contribution in [0.15, 0.2) is 35.5 Å². The SMILES string of the molecule is C=C1C=C2C[C@H]3C[C@@H]3C2=CC1. The van der Waals surface area contributed by atoms with Gasteiger partial charge in [0.2, 0.25) is 0 Å². The molecule has 0 unspecified atom stereocenters. The van der Waals surface area contributed by atoms with E-state index in [0.717, 1.165) is 18.3 Å². The zero-order valence-corrected chi connectivity index (χ0v) is 6.64. The van der Waals surface area contributed by atoms with Gasteiger partial charge in [-0.1, -0.05) is 24.3 Å². The van der Waals surface area contributed by atoms with Crippen LogP contribution in [0.1, 0.15) is 19.3 Å². The van der Waals surface area contributed by atoms with E-state index in [1.807, 2.05) is 0 Å². The standard InChI is InChI=1S/C11H12/c1-7-2-3-10-8(4-7)5-9-6-11(9)10/h3-4,9,11H,1-2,5-6H2/t9-,11-/m0/s1.